The zero-order valence-electron chi connectivity index (χ0n) is 34.2. The van der Waals surface area contributed by atoms with Gasteiger partial charge in [-0.25, -0.2) is 4.57 Å². The van der Waals surface area contributed by atoms with Crippen molar-refractivity contribution in [2.24, 2.45) is 0 Å². The van der Waals surface area contributed by atoms with Crippen LogP contribution in [-0.2, 0) is 28.2 Å². The van der Waals surface area contributed by atoms with Crippen LogP contribution in [-0.4, -0.2) is 41.0 Å². The molecule has 8 nitrogen and oxygen atoms in total. The fourth-order valence-electron chi connectivity index (χ4n) is 6.79. The minimum atomic E-state index is -4.75. The molecule has 0 fully saturated rings. The molecule has 310 valence electrons. The fraction of sp³-hybridized carbons (Fsp3) is 0.953. The molecule has 0 aromatic rings. The quantitative estimate of drug-likeness (QED) is 0.0358. The van der Waals surface area contributed by atoms with Gasteiger partial charge in [-0.2, -0.15) is 0 Å². The average molecular weight is 761 g/mol. The third-order valence-corrected chi connectivity index (χ3v) is 10.6. The Morgan fingerprint density at radius 2 is 0.692 bits per heavy atom. The van der Waals surface area contributed by atoms with Crippen molar-refractivity contribution < 1.29 is 37.9 Å². The molecule has 0 rings (SSSR count). The van der Waals surface area contributed by atoms with Gasteiger partial charge in [0.1, 0.15) is 6.61 Å². The number of esters is 2. The van der Waals surface area contributed by atoms with Crippen LogP contribution >= 0.6 is 7.82 Å². The first-order chi connectivity index (χ1) is 25.3. The summed E-state index contributed by atoms with van der Waals surface area (Å²) in [5, 5.41) is 0. The summed E-state index contributed by atoms with van der Waals surface area (Å²) in [4.78, 5) is 42.9. The normalized spacial score (nSPS) is 12.3. The largest absolute Gasteiger partial charge is 0.469 e. The molecule has 0 aliphatic carbocycles. The summed E-state index contributed by atoms with van der Waals surface area (Å²) in [7, 11) is -4.75. The predicted molar refractivity (Wildman–Crippen MR) is 216 cm³/mol. The molecule has 0 radical (unpaired) electrons. The number of phosphoric acid groups is 1. The van der Waals surface area contributed by atoms with E-state index < -0.39 is 32.5 Å². The van der Waals surface area contributed by atoms with Crippen molar-refractivity contribution in [3.8, 4) is 0 Å². The van der Waals surface area contributed by atoms with Gasteiger partial charge in [0.05, 0.1) is 6.61 Å². The number of carbonyl (C=O) groups excluding carboxylic acids is 2. The van der Waals surface area contributed by atoms with Crippen LogP contribution in [0.3, 0.4) is 0 Å². The highest BCUT2D eigenvalue weighted by Crippen LogP contribution is 2.36. The van der Waals surface area contributed by atoms with Crippen molar-refractivity contribution in [2.45, 2.75) is 251 Å². The van der Waals surface area contributed by atoms with E-state index in [9.17, 15) is 14.2 Å². The Bertz CT molecular complexity index is 817. The lowest BCUT2D eigenvalue weighted by molar-refractivity contribution is -0.161. The molecule has 0 heterocycles. The standard InChI is InChI=1S/C43H85O8P/c1-3-5-7-9-11-13-15-17-19-21-22-24-25-27-29-31-33-35-37-42(44)49-39-41(40-50-52(46,47)48)51-43(45)38-36-34-32-30-28-26-23-20-18-16-14-12-10-8-6-4-2/h41H,3-40H2,1-2H3,(H2,46,47,48)/t41-/m1/s1. The molecule has 9 heteroatoms. The van der Waals surface area contributed by atoms with Gasteiger partial charge in [-0.15, -0.1) is 0 Å². The minimum Gasteiger partial charge on any atom is -0.462 e. The lowest BCUT2D eigenvalue weighted by Gasteiger charge is -2.18. The van der Waals surface area contributed by atoms with Gasteiger partial charge < -0.3 is 19.3 Å². The first-order valence-corrected chi connectivity index (χ1v) is 23.9. The Labute approximate surface area is 321 Å². The molecule has 0 amide bonds. The molecule has 0 bridgehead atoms. The fourth-order valence-corrected chi connectivity index (χ4v) is 7.15. The van der Waals surface area contributed by atoms with Crippen LogP contribution in [0.5, 0.6) is 0 Å². The van der Waals surface area contributed by atoms with E-state index in [1.54, 1.807) is 0 Å². The van der Waals surface area contributed by atoms with Gasteiger partial charge in [-0.05, 0) is 12.8 Å². The molecule has 1 atom stereocenters. The van der Waals surface area contributed by atoms with Gasteiger partial charge in [0.15, 0.2) is 6.10 Å². The van der Waals surface area contributed by atoms with E-state index in [0.29, 0.717) is 6.42 Å². The Morgan fingerprint density at radius 1 is 0.423 bits per heavy atom. The number of hydrogen-bond acceptors (Lipinski definition) is 6. The molecule has 2 N–H and O–H groups in total. The van der Waals surface area contributed by atoms with E-state index in [1.165, 1.54) is 180 Å². The Morgan fingerprint density at radius 3 is 0.981 bits per heavy atom. The van der Waals surface area contributed by atoms with Crippen molar-refractivity contribution in [1.82, 2.24) is 0 Å². The number of phosphoric ester groups is 1. The third kappa shape index (κ3) is 41.8. The second kappa shape index (κ2) is 39.7. The summed E-state index contributed by atoms with van der Waals surface area (Å²) in [5.41, 5.74) is 0. The highest BCUT2D eigenvalue weighted by molar-refractivity contribution is 7.46. The molecule has 0 saturated carbocycles. The number of unbranched alkanes of at least 4 members (excludes halogenated alkanes) is 32. The summed E-state index contributed by atoms with van der Waals surface area (Å²) in [6, 6.07) is 0. The predicted octanol–water partition coefficient (Wildman–Crippen LogP) is 13.6. The van der Waals surface area contributed by atoms with E-state index in [1.807, 2.05) is 0 Å². The molecule has 0 unspecified atom stereocenters. The van der Waals surface area contributed by atoms with Crippen LogP contribution in [0.25, 0.3) is 0 Å². The molecular formula is C43H85O8P. The lowest BCUT2D eigenvalue weighted by Crippen LogP contribution is -2.29. The van der Waals surface area contributed by atoms with Crippen LogP contribution in [0.2, 0.25) is 0 Å². The van der Waals surface area contributed by atoms with Crippen LogP contribution in [0.4, 0.5) is 0 Å². The molecule has 0 aliphatic heterocycles. The first kappa shape index (κ1) is 51.0. The summed E-state index contributed by atoms with van der Waals surface area (Å²) < 4.78 is 26.4. The highest BCUT2D eigenvalue weighted by atomic mass is 31.2. The van der Waals surface area contributed by atoms with Gasteiger partial charge in [0.25, 0.3) is 0 Å². The maximum Gasteiger partial charge on any atom is 0.469 e. The summed E-state index contributed by atoms with van der Waals surface area (Å²) >= 11 is 0. The van der Waals surface area contributed by atoms with Crippen molar-refractivity contribution in [3.63, 3.8) is 0 Å². The molecule has 0 aromatic carbocycles. The molecular weight excluding hydrogens is 675 g/mol. The third-order valence-electron chi connectivity index (χ3n) is 10.1. The van der Waals surface area contributed by atoms with Crippen LogP contribution in [0, 0.1) is 0 Å². The molecule has 0 saturated heterocycles. The number of ether oxygens (including phenoxy) is 2. The minimum absolute atomic E-state index is 0.220. The Kier molecular flexibility index (Phi) is 39.0. The van der Waals surface area contributed by atoms with Crippen molar-refractivity contribution in [1.29, 1.82) is 0 Å². The van der Waals surface area contributed by atoms with E-state index in [4.69, 9.17) is 19.3 Å². The summed E-state index contributed by atoms with van der Waals surface area (Å²) in [6.07, 6.45) is 42.5. The summed E-state index contributed by atoms with van der Waals surface area (Å²) in [6.45, 7) is 3.73. The van der Waals surface area contributed by atoms with Gasteiger partial charge in [-0.3, -0.25) is 14.1 Å². The van der Waals surface area contributed by atoms with E-state index in [-0.39, 0.29) is 19.4 Å². The highest BCUT2D eigenvalue weighted by Gasteiger charge is 2.23. The number of hydrogen-bond donors (Lipinski definition) is 2. The SMILES string of the molecule is CCCCCCCCCCCCCCCCCCCCC(=O)OC[C@H](COP(=O)(O)O)OC(=O)CCCCCCCCCCCCCCCCCC. The topological polar surface area (TPSA) is 119 Å². The Hall–Kier alpha value is -0.950. The average Bonchev–Trinajstić information content (AvgIpc) is 3.11. The first-order valence-electron chi connectivity index (χ1n) is 22.3. The monoisotopic (exact) mass is 761 g/mol. The van der Waals surface area contributed by atoms with E-state index >= 15 is 0 Å². The zero-order valence-corrected chi connectivity index (χ0v) is 35.1. The van der Waals surface area contributed by atoms with Crippen LogP contribution in [0.15, 0.2) is 0 Å². The van der Waals surface area contributed by atoms with E-state index in [2.05, 4.69) is 18.4 Å². The molecule has 0 spiro atoms. The molecule has 0 aromatic heterocycles. The second-order valence-corrected chi connectivity index (χ2v) is 16.6. The smallest absolute Gasteiger partial charge is 0.462 e. The molecule has 0 aliphatic rings. The van der Waals surface area contributed by atoms with Gasteiger partial charge in [0.2, 0.25) is 0 Å². The van der Waals surface area contributed by atoms with E-state index in [0.717, 1.165) is 32.1 Å². The number of rotatable bonds is 42. The number of carbonyl (C=O) groups is 2. The lowest BCUT2D eigenvalue weighted by atomic mass is 10.0. The maximum absolute atomic E-state index is 12.4. The van der Waals surface area contributed by atoms with Gasteiger partial charge in [0, 0.05) is 12.8 Å². The summed E-state index contributed by atoms with van der Waals surface area (Å²) in [5.74, 6) is -0.865. The maximum atomic E-state index is 12.4. The van der Waals surface area contributed by atoms with Crippen molar-refractivity contribution in [3.05, 3.63) is 0 Å². The molecule has 52 heavy (non-hydrogen) atoms. The van der Waals surface area contributed by atoms with Gasteiger partial charge >= 0.3 is 19.8 Å². The second-order valence-electron chi connectivity index (χ2n) is 15.4. The zero-order chi connectivity index (χ0) is 38.2. The van der Waals surface area contributed by atoms with Crippen LogP contribution in [0.1, 0.15) is 245 Å². The van der Waals surface area contributed by atoms with Gasteiger partial charge in [-0.1, -0.05) is 219 Å². The van der Waals surface area contributed by atoms with Crippen molar-refractivity contribution in [2.75, 3.05) is 13.2 Å². The van der Waals surface area contributed by atoms with Crippen LogP contribution < -0.4 is 0 Å². The van der Waals surface area contributed by atoms with Crippen molar-refractivity contribution >= 4 is 19.8 Å². The Balaban J connectivity index is 3.82.